The van der Waals surface area contributed by atoms with E-state index in [4.69, 9.17) is 0 Å². The predicted octanol–water partition coefficient (Wildman–Crippen LogP) is 1.81. The van der Waals surface area contributed by atoms with Gasteiger partial charge in [0.05, 0.1) is 12.3 Å². The zero-order valence-corrected chi connectivity index (χ0v) is 13.8. The lowest BCUT2D eigenvalue weighted by molar-refractivity contribution is -0.268. The lowest BCUT2D eigenvalue weighted by atomic mass is 9.88. The average molecular weight is 358 g/mol. The monoisotopic (exact) mass is 358 g/mol. The minimum atomic E-state index is -5.00. The zero-order valence-electron chi connectivity index (χ0n) is 13.8. The molecule has 1 saturated heterocycles. The molecule has 2 N–H and O–H groups in total. The predicted molar refractivity (Wildman–Crippen MR) is 84.4 cm³/mol. The maximum atomic E-state index is 13.5. The molecule has 0 aliphatic carbocycles. The number of nitrogens with zero attached hydrogens (tertiary/aromatic N) is 1. The molecule has 0 unspecified atom stereocenters. The van der Waals surface area contributed by atoms with Gasteiger partial charge < -0.3 is 15.3 Å². The average Bonchev–Trinajstić information content (AvgIpc) is 2.60. The molecule has 8 heteroatoms. The van der Waals surface area contributed by atoms with E-state index in [0.29, 0.717) is 12.8 Å². The number of carbonyl (C=O) groups excluding carboxylic acids is 2. The second-order valence-corrected chi connectivity index (χ2v) is 6.19. The molecular weight excluding hydrogens is 337 g/mol. The van der Waals surface area contributed by atoms with Gasteiger partial charge in [0.15, 0.2) is 5.60 Å². The molecule has 0 spiro atoms. The maximum absolute atomic E-state index is 13.5. The third-order valence-corrected chi connectivity index (χ3v) is 4.52. The molecule has 1 aromatic rings. The Bertz CT molecular complexity index is 621. The molecule has 0 bridgehead atoms. The molecule has 1 fully saturated rings. The van der Waals surface area contributed by atoms with Crippen LogP contribution in [0.3, 0.4) is 0 Å². The van der Waals surface area contributed by atoms with Crippen molar-refractivity contribution >= 4 is 11.8 Å². The Kier molecular flexibility index (Phi) is 5.72. The van der Waals surface area contributed by atoms with Crippen molar-refractivity contribution in [3.05, 3.63) is 35.9 Å². The lowest BCUT2D eigenvalue weighted by Crippen LogP contribution is -2.50. The molecule has 2 atom stereocenters. The quantitative estimate of drug-likeness (QED) is 0.863. The van der Waals surface area contributed by atoms with Gasteiger partial charge in [-0.2, -0.15) is 13.2 Å². The molecule has 0 radical (unpaired) electrons. The maximum Gasteiger partial charge on any atom is 0.421 e. The first kappa shape index (κ1) is 19.2. The highest BCUT2D eigenvalue weighted by Gasteiger charge is 2.56. The number of amides is 2. The number of alkyl halides is 3. The zero-order chi connectivity index (χ0) is 18.7. The fourth-order valence-electron chi connectivity index (χ4n) is 3.03. The minimum absolute atomic E-state index is 0.0568. The summed E-state index contributed by atoms with van der Waals surface area (Å²) >= 11 is 0. The van der Waals surface area contributed by atoms with Crippen LogP contribution in [-0.2, 0) is 15.2 Å². The van der Waals surface area contributed by atoms with E-state index in [2.05, 4.69) is 5.32 Å². The second-order valence-electron chi connectivity index (χ2n) is 6.19. The van der Waals surface area contributed by atoms with E-state index in [1.165, 1.54) is 30.1 Å². The van der Waals surface area contributed by atoms with E-state index in [1.54, 1.807) is 0 Å². The summed E-state index contributed by atoms with van der Waals surface area (Å²) < 4.78 is 40.5. The van der Waals surface area contributed by atoms with Gasteiger partial charge in [-0.1, -0.05) is 30.3 Å². The van der Waals surface area contributed by atoms with Crippen LogP contribution in [0.1, 0.15) is 24.8 Å². The Hall–Kier alpha value is -2.09. The summed E-state index contributed by atoms with van der Waals surface area (Å²) in [6.45, 7) is 0.330. The summed E-state index contributed by atoms with van der Waals surface area (Å²) in [5.41, 5.74) is -3.64. The summed E-state index contributed by atoms with van der Waals surface area (Å²) in [5.74, 6) is -1.51. The van der Waals surface area contributed by atoms with Crippen LogP contribution in [0.4, 0.5) is 13.2 Å². The summed E-state index contributed by atoms with van der Waals surface area (Å²) in [6.07, 6.45) is -5.01. The van der Waals surface area contributed by atoms with Gasteiger partial charge >= 0.3 is 6.18 Å². The van der Waals surface area contributed by atoms with Crippen molar-refractivity contribution in [3.63, 3.8) is 0 Å². The Labute approximate surface area is 143 Å². The van der Waals surface area contributed by atoms with Gasteiger partial charge in [-0.15, -0.1) is 0 Å². The van der Waals surface area contributed by atoms with Crippen LogP contribution in [0.15, 0.2) is 30.3 Å². The Morgan fingerprint density at radius 2 is 1.92 bits per heavy atom. The molecule has 5 nitrogen and oxygen atoms in total. The number of nitrogens with one attached hydrogen (secondary N) is 1. The molecule has 2 rings (SSSR count). The van der Waals surface area contributed by atoms with Crippen LogP contribution in [0.5, 0.6) is 0 Å². The SMILES string of the molecule is CNC(=O)[C@H]1CCCN(C(=O)C[C@](O)(c2ccccc2)C(F)(F)F)C1. The van der Waals surface area contributed by atoms with Crippen molar-refractivity contribution in [1.82, 2.24) is 10.2 Å². The van der Waals surface area contributed by atoms with Gasteiger partial charge in [-0.05, 0) is 18.4 Å². The number of piperidine rings is 1. The van der Waals surface area contributed by atoms with Crippen molar-refractivity contribution < 1.29 is 27.9 Å². The number of likely N-dealkylation sites (tertiary alicyclic amines) is 1. The molecule has 1 aliphatic rings. The number of halogens is 3. The lowest BCUT2D eigenvalue weighted by Gasteiger charge is -2.36. The van der Waals surface area contributed by atoms with E-state index in [9.17, 15) is 27.9 Å². The van der Waals surface area contributed by atoms with Crippen LogP contribution in [0.2, 0.25) is 0 Å². The standard InChI is InChI=1S/C17H21F3N2O3/c1-21-15(24)12-6-5-9-22(11-12)14(23)10-16(25,17(18,19)20)13-7-3-2-4-8-13/h2-4,7-8,12,25H,5-6,9-11H2,1H3,(H,21,24)/t12-,16-/m0/s1. The van der Waals surface area contributed by atoms with Crippen molar-refractivity contribution in [1.29, 1.82) is 0 Å². The van der Waals surface area contributed by atoms with Gasteiger partial charge in [0.25, 0.3) is 0 Å². The van der Waals surface area contributed by atoms with E-state index >= 15 is 0 Å². The van der Waals surface area contributed by atoms with Crippen LogP contribution < -0.4 is 5.32 Å². The van der Waals surface area contributed by atoms with Gasteiger partial charge in [-0.3, -0.25) is 9.59 Å². The highest BCUT2D eigenvalue weighted by Crippen LogP contribution is 2.42. The molecule has 0 saturated carbocycles. The van der Waals surface area contributed by atoms with Crippen molar-refractivity contribution in [2.75, 3.05) is 20.1 Å². The molecule has 1 aliphatic heterocycles. The van der Waals surface area contributed by atoms with Crippen LogP contribution >= 0.6 is 0 Å². The minimum Gasteiger partial charge on any atom is -0.376 e. The highest BCUT2D eigenvalue weighted by molar-refractivity contribution is 5.81. The summed E-state index contributed by atoms with van der Waals surface area (Å²) in [5, 5.41) is 12.8. The van der Waals surface area contributed by atoms with Gasteiger partial charge in [0, 0.05) is 20.1 Å². The molecular formula is C17H21F3N2O3. The Balaban J connectivity index is 2.19. The topological polar surface area (TPSA) is 69.6 Å². The van der Waals surface area contributed by atoms with Crippen molar-refractivity contribution in [2.45, 2.75) is 31.0 Å². The highest BCUT2D eigenvalue weighted by atomic mass is 19.4. The number of rotatable bonds is 4. The summed E-state index contributed by atoms with van der Waals surface area (Å²) in [7, 11) is 1.47. The fraction of sp³-hybridized carbons (Fsp3) is 0.529. The first-order chi connectivity index (χ1) is 11.7. The molecule has 25 heavy (non-hydrogen) atoms. The van der Waals surface area contributed by atoms with Gasteiger partial charge in [-0.25, -0.2) is 0 Å². The van der Waals surface area contributed by atoms with Crippen LogP contribution in [-0.4, -0.2) is 48.1 Å². The third-order valence-electron chi connectivity index (χ3n) is 4.52. The van der Waals surface area contributed by atoms with Crippen LogP contribution in [0, 0.1) is 5.92 Å². The van der Waals surface area contributed by atoms with E-state index in [1.807, 2.05) is 0 Å². The van der Waals surface area contributed by atoms with Gasteiger partial charge in [0.1, 0.15) is 0 Å². The Morgan fingerprint density at radius 1 is 1.28 bits per heavy atom. The number of benzene rings is 1. The first-order valence-corrected chi connectivity index (χ1v) is 8.03. The van der Waals surface area contributed by atoms with Crippen LogP contribution in [0.25, 0.3) is 0 Å². The molecule has 0 aromatic heterocycles. The van der Waals surface area contributed by atoms with Crippen molar-refractivity contribution in [2.24, 2.45) is 5.92 Å². The Morgan fingerprint density at radius 3 is 2.48 bits per heavy atom. The number of hydrogen-bond acceptors (Lipinski definition) is 3. The number of carbonyl (C=O) groups is 2. The fourth-order valence-corrected chi connectivity index (χ4v) is 3.03. The number of aliphatic hydroxyl groups is 1. The molecule has 2 amide bonds. The van der Waals surface area contributed by atoms with E-state index < -0.39 is 30.0 Å². The second kappa shape index (κ2) is 7.43. The van der Waals surface area contributed by atoms with Gasteiger partial charge in [0.2, 0.25) is 11.8 Å². The largest absolute Gasteiger partial charge is 0.421 e. The van der Waals surface area contributed by atoms with Crippen molar-refractivity contribution in [3.8, 4) is 0 Å². The van der Waals surface area contributed by atoms with E-state index in [-0.39, 0.29) is 24.6 Å². The summed E-state index contributed by atoms with van der Waals surface area (Å²) in [6, 6.07) is 6.56. The first-order valence-electron chi connectivity index (χ1n) is 8.03. The summed E-state index contributed by atoms with van der Waals surface area (Å²) in [4.78, 5) is 25.4. The third kappa shape index (κ3) is 4.12. The molecule has 138 valence electrons. The normalized spacial score (nSPS) is 20.7. The molecule has 1 aromatic carbocycles. The van der Waals surface area contributed by atoms with E-state index in [0.717, 1.165) is 12.1 Å². The molecule has 1 heterocycles. The number of hydrogen-bond donors (Lipinski definition) is 2. The smallest absolute Gasteiger partial charge is 0.376 e.